The van der Waals surface area contributed by atoms with Crippen LogP contribution in [0.25, 0.3) is 78.6 Å². The number of H-pyrrole nitrogens is 3. The van der Waals surface area contributed by atoms with Gasteiger partial charge in [-0.05, 0) is 102 Å². The Hall–Kier alpha value is -5.82. The summed E-state index contributed by atoms with van der Waals surface area (Å²) in [7, 11) is 0. The molecule has 7 heteroatoms. The van der Waals surface area contributed by atoms with Crippen molar-refractivity contribution in [1.29, 1.82) is 0 Å². The van der Waals surface area contributed by atoms with E-state index >= 15 is 0 Å². The van der Waals surface area contributed by atoms with E-state index in [4.69, 9.17) is 4.98 Å². The van der Waals surface area contributed by atoms with Crippen molar-refractivity contribution in [2.24, 2.45) is 0 Å². The standard InChI is InChI=1S/C34H23N7/c1-3-26-32(21-9-15-35-16-10-21)28-5-7-30(40-28)34(23-13-19-37-20-14-23)31-8-6-29(41-31)33(22-11-17-36-18-12-22)27-4-2-25(39-27)24(1)38-26/h1-20,38-40H. The van der Waals surface area contributed by atoms with Gasteiger partial charge in [0.15, 0.2) is 0 Å². The van der Waals surface area contributed by atoms with Crippen molar-refractivity contribution in [3.8, 4) is 33.4 Å². The van der Waals surface area contributed by atoms with E-state index in [2.05, 4.69) is 78.5 Å². The molecule has 0 radical (unpaired) electrons. The summed E-state index contributed by atoms with van der Waals surface area (Å²) < 4.78 is 0. The molecular formula is C34H23N7. The molecule has 7 aromatic rings. The summed E-state index contributed by atoms with van der Waals surface area (Å²) >= 11 is 0. The molecule has 3 N–H and O–H groups in total. The topological polar surface area (TPSA) is 98.9 Å². The first kappa shape index (κ1) is 23.1. The summed E-state index contributed by atoms with van der Waals surface area (Å²) in [5.41, 5.74) is 13.9. The highest BCUT2D eigenvalue weighted by atomic mass is 14.8. The van der Waals surface area contributed by atoms with Crippen LogP contribution in [0.15, 0.2) is 110 Å². The number of rotatable bonds is 3. The van der Waals surface area contributed by atoms with E-state index in [-0.39, 0.29) is 0 Å². The summed E-state index contributed by atoms with van der Waals surface area (Å²) in [5.74, 6) is 0. The van der Waals surface area contributed by atoms with E-state index < -0.39 is 0 Å². The molecule has 0 spiro atoms. The average Bonchev–Trinajstić information content (AvgIpc) is 3.84. The Morgan fingerprint density at radius 2 is 0.659 bits per heavy atom. The zero-order valence-corrected chi connectivity index (χ0v) is 21.8. The predicted octanol–water partition coefficient (Wildman–Crippen LogP) is 7.88. The monoisotopic (exact) mass is 529 g/mol. The fourth-order valence-electron chi connectivity index (χ4n) is 5.62. The largest absolute Gasteiger partial charge is 0.354 e. The third-order valence-electron chi connectivity index (χ3n) is 7.48. The van der Waals surface area contributed by atoms with Crippen molar-refractivity contribution in [2.45, 2.75) is 0 Å². The van der Waals surface area contributed by atoms with Crippen LogP contribution in [0.4, 0.5) is 0 Å². The smallest absolute Gasteiger partial charge is 0.0737 e. The lowest BCUT2D eigenvalue weighted by molar-refractivity contribution is 1.29. The summed E-state index contributed by atoms with van der Waals surface area (Å²) in [6.45, 7) is 0. The van der Waals surface area contributed by atoms with Gasteiger partial charge in [0.25, 0.3) is 0 Å². The summed E-state index contributed by atoms with van der Waals surface area (Å²) in [5, 5.41) is 0. The number of hydrogen-bond acceptors (Lipinski definition) is 4. The van der Waals surface area contributed by atoms with Gasteiger partial charge >= 0.3 is 0 Å². The van der Waals surface area contributed by atoms with Crippen molar-refractivity contribution in [3.05, 3.63) is 121 Å². The van der Waals surface area contributed by atoms with E-state index in [1.54, 1.807) is 0 Å². The highest BCUT2D eigenvalue weighted by Gasteiger charge is 2.16. The van der Waals surface area contributed by atoms with Gasteiger partial charge < -0.3 is 15.0 Å². The molecule has 0 aromatic carbocycles. The van der Waals surface area contributed by atoms with Gasteiger partial charge in [0.05, 0.1) is 22.4 Å². The molecule has 41 heavy (non-hydrogen) atoms. The first-order valence-corrected chi connectivity index (χ1v) is 13.4. The first-order valence-electron chi connectivity index (χ1n) is 13.4. The molecule has 7 nitrogen and oxygen atoms in total. The van der Waals surface area contributed by atoms with Crippen LogP contribution in [0.2, 0.25) is 0 Å². The maximum absolute atomic E-state index is 5.22. The van der Waals surface area contributed by atoms with Crippen LogP contribution in [0.5, 0.6) is 0 Å². The average molecular weight is 530 g/mol. The number of fused-ring (bicyclic) bond motifs is 9. The Balaban J connectivity index is 1.58. The minimum absolute atomic E-state index is 0.875. The Morgan fingerprint density at radius 3 is 1.07 bits per heavy atom. The molecule has 7 aromatic heterocycles. The second-order valence-electron chi connectivity index (χ2n) is 9.91. The molecule has 0 aliphatic carbocycles. The van der Waals surface area contributed by atoms with Gasteiger partial charge in [0.2, 0.25) is 0 Å². The molecule has 1 aliphatic heterocycles. The van der Waals surface area contributed by atoms with E-state index in [9.17, 15) is 0 Å². The molecule has 0 saturated carbocycles. The van der Waals surface area contributed by atoms with Crippen LogP contribution in [0.1, 0.15) is 11.4 Å². The van der Waals surface area contributed by atoms with E-state index in [1.165, 1.54) is 0 Å². The Labute approximate surface area is 234 Å². The summed E-state index contributed by atoms with van der Waals surface area (Å²) in [6, 6.07) is 24.9. The molecule has 0 unspecified atom stereocenters. The highest BCUT2D eigenvalue weighted by molar-refractivity contribution is 5.99. The van der Waals surface area contributed by atoms with Gasteiger partial charge in [-0.1, -0.05) is 0 Å². The SMILES string of the molecule is C1=Cc2nc1c(-c1ccncc1)c1ccc([nH]1)c(-c1ccncc1)c1ccc([nH]1)c1ccc([nH]1)c2-c1ccncc1. The number of aromatic nitrogens is 7. The number of pyridine rings is 3. The minimum atomic E-state index is 0.875. The second-order valence-corrected chi connectivity index (χ2v) is 9.91. The van der Waals surface area contributed by atoms with Crippen molar-refractivity contribution < 1.29 is 0 Å². The maximum Gasteiger partial charge on any atom is 0.0737 e. The molecule has 0 atom stereocenters. The molecule has 1 aliphatic rings. The summed E-state index contributed by atoms with van der Waals surface area (Å²) in [6.07, 6.45) is 15.1. The second kappa shape index (κ2) is 9.43. The van der Waals surface area contributed by atoms with Crippen LogP contribution in [-0.4, -0.2) is 34.9 Å². The lowest BCUT2D eigenvalue weighted by Gasteiger charge is -2.05. The zero-order valence-electron chi connectivity index (χ0n) is 21.8. The Kier molecular flexibility index (Phi) is 5.31. The van der Waals surface area contributed by atoms with Crippen LogP contribution in [0.3, 0.4) is 0 Å². The first-order chi connectivity index (χ1) is 20.3. The van der Waals surface area contributed by atoms with Gasteiger partial charge in [0, 0.05) is 75.9 Å². The van der Waals surface area contributed by atoms with Crippen molar-refractivity contribution in [1.82, 2.24) is 34.9 Å². The molecule has 0 amide bonds. The van der Waals surface area contributed by atoms with Crippen LogP contribution in [0, 0.1) is 0 Å². The van der Waals surface area contributed by atoms with E-state index in [1.807, 2.05) is 73.6 Å². The molecule has 0 saturated heterocycles. The van der Waals surface area contributed by atoms with Gasteiger partial charge in [-0.25, -0.2) is 4.98 Å². The number of hydrogen-bond donors (Lipinski definition) is 3. The Morgan fingerprint density at radius 1 is 0.341 bits per heavy atom. The molecule has 0 fully saturated rings. The number of aromatic amines is 3. The number of nitrogens with zero attached hydrogens (tertiary/aromatic N) is 4. The van der Waals surface area contributed by atoms with E-state index in [0.717, 1.165) is 77.9 Å². The van der Waals surface area contributed by atoms with Crippen LogP contribution >= 0.6 is 0 Å². The molecular weight excluding hydrogens is 506 g/mol. The van der Waals surface area contributed by atoms with E-state index in [0.29, 0.717) is 0 Å². The van der Waals surface area contributed by atoms with Gasteiger partial charge in [-0.2, -0.15) is 0 Å². The maximum atomic E-state index is 5.22. The van der Waals surface area contributed by atoms with Crippen LogP contribution < -0.4 is 0 Å². The van der Waals surface area contributed by atoms with Gasteiger partial charge in [-0.3, -0.25) is 15.0 Å². The quantitative estimate of drug-likeness (QED) is 0.217. The zero-order chi connectivity index (χ0) is 27.2. The minimum Gasteiger partial charge on any atom is -0.354 e. The van der Waals surface area contributed by atoms with Gasteiger partial charge in [-0.15, -0.1) is 0 Å². The molecule has 8 heterocycles. The molecule has 8 bridgehead atoms. The third-order valence-corrected chi connectivity index (χ3v) is 7.48. The predicted molar refractivity (Wildman–Crippen MR) is 165 cm³/mol. The molecule has 194 valence electrons. The third kappa shape index (κ3) is 3.99. The van der Waals surface area contributed by atoms with Gasteiger partial charge in [0.1, 0.15) is 0 Å². The lowest BCUT2D eigenvalue weighted by Crippen LogP contribution is -1.88. The van der Waals surface area contributed by atoms with Crippen molar-refractivity contribution in [2.75, 3.05) is 0 Å². The normalized spacial score (nSPS) is 11.8. The summed E-state index contributed by atoms with van der Waals surface area (Å²) in [4.78, 5) is 29.0. The van der Waals surface area contributed by atoms with Crippen molar-refractivity contribution >= 4 is 45.3 Å². The Bertz CT molecular complexity index is 2190. The lowest BCUT2D eigenvalue weighted by atomic mass is 10.1. The fourth-order valence-corrected chi connectivity index (χ4v) is 5.62. The number of nitrogens with one attached hydrogen (secondary N) is 3. The molecule has 8 rings (SSSR count). The van der Waals surface area contributed by atoms with Crippen LogP contribution in [-0.2, 0) is 0 Å². The fraction of sp³-hybridized carbons (Fsp3) is 0. The highest BCUT2D eigenvalue weighted by Crippen LogP contribution is 2.35. The van der Waals surface area contributed by atoms with Crippen molar-refractivity contribution in [3.63, 3.8) is 0 Å².